The minimum atomic E-state index is -3.26. The molecule has 1 aromatic carbocycles. The third-order valence-corrected chi connectivity index (χ3v) is 5.07. The number of halogens is 1. The zero-order valence-electron chi connectivity index (χ0n) is 10.8. The fraction of sp³-hybridized carbons (Fsp3) is 0.538. The number of rotatable bonds is 7. The van der Waals surface area contributed by atoms with Crippen LogP contribution < -0.4 is 5.32 Å². The Kier molecular flexibility index (Phi) is 6.12. The molecular formula is C13H20ClNO2S. The van der Waals surface area contributed by atoms with E-state index in [1.807, 2.05) is 6.92 Å². The molecule has 0 aromatic heterocycles. The van der Waals surface area contributed by atoms with Crippen LogP contribution in [-0.4, -0.2) is 26.8 Å². The van der Waals surface area contributed by atoms with Crippen LogP contribution in [0.1, 0.15) is 26.7 Å². The summed E-state index contributed by atoms with van der Waals surface area (Å²) in [5, 5.41) is 3.56. The second kappa shape index (κ2) is 7.12. The van der Waals surface area contributed by atoms with Gasteiger partial charge in [0.25, 0.3) is 0 Å². The number of benzene rings is 1. The van der Waals surface area contributed by atoms with E-state index >= 15 is 0 Å². The average molecular weight is 290 g/mol. The molecule has 0 bridgehead atoms. The summed E-state index contributed by atoms with van der Waals surface area (Å²) < 4.78 is 24.2. The van der Waals surface area contributed by atoms with Crippen molar-refractivity contribution in [1.29, 1.82) is 0 Å². The highest BCUT2D eigenvalue weighted by Crippen LogP contribution is 2.22. The van der Waals surface area contributed by atoms with Crippen LogP contribution in [-0.2, 0) is 9.84 Å². The van der Waals surface area contributed by atoms with Crippen LogP contribution in [0.15, 0.2) is 29.2 Å². The van der Waals surface area contributed by atoms with Gasteiger partial charge in [-0.2, -0.15) is 0 Å². The summed E-state index contributed by atoms with van der Waals surface area (Å²) >= 11 is 5.91. The fourth-order valence-electron chi connectivity index (χ4n) is 1.84. The van der Waals surface area contributed by atoms with Gasteiger partial charge in [0, 0.05) is 6.04 Å². The molecule has 0 aliphatic heterocycles. The molecule has 1 aromatic rings. The molecule has 0 aliphatic rings. The third kappa shape index (κ3) is 4.59. The minimum absolute atomic E-state index is 0.145. The molecule has 0 amide bonds. The van der Waals surface area contributed by atoms with Crippen LogP contribution in [0, 0.1) is 0 Å². The monoisotopic (exact) mass is 289 g/mol. The Hall–Kier alpha value is -0.580. The van der Waals surface area contributed by atoms with Crippen LogP contribution in [0.25, 0.3) is 0 Å². The molecule has 1 N–H and O–H groups in total. The molecule has 1 rings (SSSR count). The molecule has 0 heterocycles. The zero-order valence-corrected chi connectivity index (χ0v) is 12.4. The molecule has 0 spiro atoms. The predicted molar refractivity (Wildman–Crippen MR) is 75.9 cm³/mol. The highest BCUT2D eigenvalue weighted by atomic mass is 35.5. The van der Waals surface area contributed by atoms with Gasteiger partial charge in [0.1, 0.15) is 0 Å². The first-order valence-corrected chi connectivity index (χ1v) is 8.21. The van der Waals surface area contributed by atoms with Crippen LogP contribution in [0.3, 0.4) is 0 Å². The largest absolute Gasteiger partial charge is 0.315 e. The molecule has 1 atom stereocenters. The highest BCUT2D eigenvalue weighted by Gasteiger charge is 2.17. The van der Waals surface area contributed by atoms with Crippen molar-refractivity contribution in [2.45, 2.75) is 37.6 Å². The van der Waals surface area contributed by atoms with E-state index < -0.39 is 9.84 Å². The van der Waals surface area contributed by atoms with E-state index in [0.29, 0.717) is 17.5 Å². The van der Waals surface area contributed by atoms with Gasteiger partial charge in [0.2, 0.25) is 0 Å². The third-order valence-electron chi connectivity index (χ3n) is 2.77. The normalized spacial score (nSPS) is 13.5. The number of sulfone groups is 1. The maximum Gasteiger partial charge on any atom is 0.179 e. The standard InChI is InChI=1S/C13H20ClNO2S/c1-3-15-11(2)7-6-10-18(16,17)13-9-5-4-8-12(13)14/h4-5,8-9,11,15H,3,6-7,10H2,1-2H3. The van der Waals surface area contributed by atoms with Crippen molar-refractivity contribution in [1.82, 2.24) is 5.32 Å². The van der Waals surface area contributed by atoms with Gasteiger partial charge >= 0.3 is 0 Å². The average Bonchev–Trinajstić information content (AvgIpc) is 2.29. The van der Waals surface area contributed by atoms with Gasteiger partial charge in [0.15, 0.2) is 9.84 Å². The molecule has 1 unspecified atom stereocenters. The number of nitrogens with one attached hydrogen (secondary N) is 1. The molecule has 102 valence electrons. The Morgan fingerprint density at radius 3 is 2.61 bits per heavy atom. The van der Waals surface area contributed by atoms with Gasteiger partial charge in [-0.05, 0) is 38.4 Å². The molecule has 5 heteroatoms. The van der Waals surface area contributed by atoms with E-state index in [0.717, 1.165) is 13.0 Å². The Morgan fingerprint density at radius 2 is 2.00 bits per heavy atom. The Bertz CT molecular complexity index is 474. The summed E-state index contributed by atoms with van der Waals surface area (Å²) in [7, 11) is -3.26. The van der Waals surface area contributed by atoms with Crippen molar-refractivity contribution < 1.29 is 8.42 Å². The number of hydrogen-bond acceptors (Lipinski definition) is 3. The van der Waals surface area contributed by atoms with E-state index in [4.69, 9.17) is 11.6 Å². The summed E-state index contributed by atoms with van der Waals surface area (Å²) in [6.45, 7) is 5.00. The topological polar surface area (TPSA) is 46.2 Å². The summed E-state index contributed by atoms with van der Waals surface area (Å²) in [5.41, 5.74) is 0. The lowest BCUT2D eigenvalue weighted by molar-refractivity contribution is 0.521. The van der Waals surface area contributed by atoms with E-state index in [1.165, 1.54) is 0 Å². The van der Waals surface area contributed by atoms with Crippen LogP contribution in [0.4, 0.5) is 0 Å². The molecule has 0 fully saturated rings. The van der Waals surface area contributed by atoms with Gasteiger partial charge < -0.3 is 5.32 Å². The van der Waals surface area contributed by atoms with Crippen molar-refractivity contribution in [2.75, 3.05) is 12.3 Å². The second-order valence-electron chi connectivity index (χ2n) is 4.35. The van der Waals surface area contributed by atoms with Crippen molar-refractivity contribution in [3.8, 4) is 0 Å². The predicted octanol–water partition coefficient (Wildman–Crippen LogP) is 2.89. The maximum atomic E-state index is 12.1. The quantitative estimate of drug-likeness (QED) is 0.839. The molecule has 0 saturated heterocycles. The van der Waals surface area contributed by atoms with Crippen LogP contribution >= 0.6 is 11.6 Å². The molecule has 0 aliphatic carbocycles. The van der Waals surface area contributed by atoms with Gasteiger partial charge in [-0.1, -0.05) is 30.7 Å². The van der Waals surface area contributed by atoms with Crippen molar-refractivity contribution in [2.24, 2.45) is 0 Å². The minimum Gasteiger partial charge on any atom is -0.315 e. The van der Waals surface area contributed by atoms with Crippen molar-refractivity contribution >= 4 is 21.4 Å². The Morgan fingerprint density at radius 1 is 1.33 bits per heavy atom. The highest BCUT2D eigenvalue weighted by molar-refractivity contribution is 7.91. The molecule has 0 radical (unpaired) electrons. The van der Waals surface area contributed by atoms with Gasteiger partial charge in [-0.25, -0.2) is 8.42 Å². The van der Waals surface area contributed by atoms with Gasteiger partial charge in [0.05, 0.1) is 15.7 Å². The molecule has 0 saturated carbocycles. The van der Waals surface area contributed by atoms with Crippen molar-refractivity contribution in [3.05, 3.63) is 29.3 Å². The lowest BCUT2D eigenvalue weighted by atomic mass is 10.2. The molecule has 3 nitrogen and oxygen atoms in total. The van der Waals surface area contributed by atoms with Crippen LogP contribution in [0.2, 0.25) is 5.02 Å². The SMILES string of the molecule is CCNC(C)CCCS(=O)(=O)c1ccccc1Cl. The smallest absolute Gasteiger partial charge is 0.179 e. The first kappa shape index (κ1) is 15.5. The summed E-state index contributed by atoms with van der Waals surface area (Å²) in [6, 6.07) is 6.94. The lowest BCUT2D eigenvalue weighted by Crippen LogP contribution is -2.26. The second-order valence-corrected chi connectivity index (χ2v) is 6.84. The van der Waals surface area contributed by atoms with Crippen LogP contribution in [0.5, 0.6) is 0 Å². The van der Waals surface area contributed by atoms with Gasteiger partial charge in [-0.3, -0.25) is 0 Å². The first-order valence-electron chi connectivity index (χ1n) is 6.18. The van der Waals surface area contributed by atoms with E-state index in [-0.39, 0.29) is 10.6 Å². The fourth-order valence-corrected chi connectivity index (χ4v) is 3.74. The van der Waals surface area contributed by atoms with E-state index in [2.05, 4.69) is 12.2 Å². The van der Waals surface area contributed by atoms with Crippen molar-refractivity contribution in [3.63, 3.8) is 0 Å². The summed E-state index contributed by atoms with van der Waals surface area (Å²) in [5.74, 6) is 0.145. The first-order chi connectivity index (χ1) is 8.47. The van der Waals surface area contributed by atoms with E-state index in [1.54, 1.807) is 24.3 Å². The molecular weight excluding hydrogens is 270 g/mol. The zero-order chi connectivity index (χ0) is 13.6. The molecule has 18 heavy (non-hydrogen) atoms. The van der Waals surface area contributed by atoms with E-state index in [9.17, 15) is 8.42 Å². The summed E-state index contributed by atoms with van der Waals surface area (Å²) in [4.78, 5) is 0.239. The van der Waals surface area contributed by atoms with Gasteiger partial charge in [-0.15, -0.1) is 0 Å². The Labute approximate surface area is 114 Å². The lowest BCUT2D eigenvalue weighted by Gasteiger charge is -2.12. The number of hydrogen-bond donors (Lipinski definition) is 1. The maximum absolute atomic E-state index is 12.1. The Balaban J connectivity index is 2.59. The summed E-state index contributed by atoms with van der Waals surface area (Å²) in [6.07, 6.45) is 1.49.